The van der Waals surface area contributed by atoms with Crippen molar-refractivity contribution in [2.45, 2.75) is 0 Å². The first kappa shape index (κ1) is 10.4. The van der Waals surface area contributed by atoms with Gasteiger partial charge in [-0.3, -0.25) is 0 Å². The van der Waals surface area contributed by atoms with Gasteiger partial charge in [0.05, 0.1) is 0 Å². The van der Waals surface area contributed by atoms with Crippen LogP contribution in [0.3, 0.4) is 0 Å². The third-order valence-electron chi connectivity index (χ3n) is 1.52. The summed E-state index contributed by atoms with van der Waals surface area (Å²) >= 11 is 6.61. The summed E-state index contributed by atoms with van der Waals surface area (Å²) < 4.78 is 18.7. The molecule has 6 heteroatoms. The molecule has 0 fully saturated rings. The molecule has 0 spiro atoms. The standard InChI is InChI=1S/C8H3BrFIN2S/c9-5-1-4(2-6(10)3-5)7-12-8(11)14-13-7/h1-3H. The van der Waals surface area contributed by atoms with Crippen LogP contribution in [0.5, 0.6) is 0 Å². The molecule has 0 radical (unpaired) electrons. The molecule has 1 heterocycles. The third kappa shape index (κ3) is 2.29. The Morgan fingerprint density at radius 1 is 1.36 bits per heavy atom. The fourth-order valence-electron chi connectivity index (χ4n) is 1.01. The Bertz CT molecular complexity index is 454. The van der Waals surface area contributed by atoms with Gasteiger partial charge in [0.1, 0.15) is 5.82 Å². The molecule has 14 heavy (non-hydrogen) atoms. The van der Waals surface area contributed by atoms with Crippen LogP contribution in [0.2, 0.25) is 0 Å². The summed E-state index contributed by atoms with van der Waals surface area (Å²) in [6.45, 7) is 0. The van der Waals surface area contributed by atoms with Crippen molar-refractivity contribution in [2.24, 2.45) is 0 Å². The van der Waals surface area contributed by atoms with E-state index >= 15 is 0 Å². The summed E-state index contributed by atoms with van der Waals surface area (Å²) in [6.07, 6.45) is 0. The zero-order valence-electron chi connectivity index (χ0n) is 6.67. The molecule has 0 aliphatic carbocycles. The largest absolute Gasteiger partial charge is 0.209 e. The SMILES string of the molecule is Fc1cc(Br)cc(-c2nsc(I)n2)c1. The highest BCUT2D eigenvalue weighted by Crippen LogP contribution is 2.23. The average Bonchev–Trinajstić information content (AvgIpc) is 2.50. The van der Waals surface area contributed by atoms with Crippen LogP contribution in [-0.4, -0.2) is 9.36 Å². The molecule has 0 saturated carbocycles. The minimum absolute atomic E-state index is 0.292. The van der Waals surface area contributed by atoms with Crippen molar-refractivity contribution < 1.29 is 4.39 Å². The van der Waals surface area contributed by atoms with Crippen molar-refractivity contribution >= 4 is 50.1 Å². The van der Waals surface area contributed by atoms with Gasteiger partial charge >= 0.3 is 0 Å². The Balaban J connectivity index is 2.51. The molecule has 2 rings (SSSR count). The molecule has 2 nitrogen and oxygen atoms in total. The minimum Gasteiger partial charge on any atom is -0.209 e. The maximum Gasteiger partial charge on any atom is 0.174 e. The number of hydrogen-bond acceptors (Lipinski definition) is 3. The maximum absolute atomic E-state index is 13.0. The first-order chi connectivity index (χ1) is 6.65. The molecule has 1 aromatic carbocycles. The van der Waals surface area contributed by atoms with E-state index in [-0.39, 0.29) is 5.82 Å². The molecule has 0 aliphatic heterocycles. The smallest absolute Gasteiger partial charge is 0.174 e. The summed E-state index contributed by atoms with van der Waals surface area (Å²) in [7, 11) is 0. The van der Waals surface area contributed by atoms with Gasteiger partial charge in [0, 0.05) is 10.0 Å². The lowest BCUT2D eigenvalue weighted by Crippen LogP contribution is -1.83. The van der Waals surface area contributed by atoms with Crippen LogP contribution >= 0.6 is 50.1 Å². The summed E-state index contributed by atoms with van der Waals surface area (Å²) in [6, 6.07) is 4.62. The second-order valence-corrected chi connectivity index (χ2v) is 5.95. The lowest BCUT2D eigenvalue weighted by Gasteiger charge is -1.96. The molecular weight excluding hydrogens is 382 g/mol. The second kappa shape index (κ2) is 4.19. The summed E-state index contributed by atoms with van der Waals surface area (Å²) in [5.41, 5.74) is 0.691. The summed E-state index contributed by atoms with van der Waals surface area (Å²) in [5, 5.41) is 0. The van der Waals surface area contributed by atoms with Crippen LogP contribution in [-0.2, 0) is 0 Å². The molecule has 0 bridgehead atoms. The van der Waals surface area contributed by atoms with Crippen LogP contribution in [0.25, 0.3) is 11.4 Å². The fraction of sp³-hybridized carbons (Fsp3) is 0. The number of aromatic nitrogens is 2. The van der Waals surface area contributed by atoms with Gasteiger partial charge in [-0.05, 0) is 52.3 Å². The van der Waals surface area contributed by atoms with Gasteiger partial charge in [-0.2, -0.15) is 4.37 Å². The Kier molecular flexibility index (Phi) is 3.13. The third-order valence-corrected chi connectivity index (χ3v) is 3.32. The highest BCUT2D eigenvalue weighted by Gasteiger charge is 2.06. The maximum atomic E-state index is 13.0. The van der Waals surface area contributed by atoms with Crippen molar-refractivity contribution in [2.75, 3.05) is 0 Å². The van der Waals surface area contributed by atoms with Gasteiger partial charge < -0.3 is 0 Å². The van der Waals surface area contributed by atoms with Gasteiger partial charge in [-0.25, -0.2) is 9.37 Å². The second-order valence-electron chi connectivity index (χ2n) is 2.53. The number of hydrogen-bond donors (Lipinski definition) is 0. The zero-order valence-corrected chi connectivity index (χ0v) is 11.2. The lowest BCUT2D eigenvalue weighted by atomic mass is 10.2. The van der Waals surface area contributed by atoms with Crippen molar-refractivity contribution in [1.82, 2.24) is 9.36 Å². The normalized spacial score (nSPS) is 10.5. The van der Waals surface area contributed by atoms with E-state index in [0.29, 0.717) is 15.9 Å². The molecule has 72 valence electrons. The van der Waals surface area contributed by atoms with Gasteiger partial charge in [0.25, 0.3) is 0 Å². The monoisotopic (exact) mass is 384 g/mol. The number of nitrogens with zero attached hydrogens (tertiary/aromatic N) is 2. The average molecular weight is 385 g/mol. The molecule has 0 atom stereocenters. The molecular formula is C8H3BrFIN2S. The highest BCUT2D eigenvalue weighted by molar-refractivity contribution is 14.1. The Labute approximate surface area is 106 Å². The van der Waals surface area contributed by atoms with Gasteiger partial charge in [-0.1, -0.05) is 15.9 Å². The first-order valence-corrected chi connectivity index (χ1v) is 6.25. The predicted octanol–water partition coefficient (Wildman–Crippen LogP) is 3.71. The topological polar surface area (TPSA) is 25.8 Å². The molecule has 0 saturated heterocycles. The number of benzene rings is 1. The van der Waals surface area contributed by atoms with Crippen molar-refractivity contribution in [3.8, 4) is 11.4 Å². The van der Waals surface area contributed by atoms with Crippen LogP contribution in [0.1, 0.15) is 0 Å². The van der Waals surface area contributed by atoms with E-state index in [2.05, 4.69) is 47.9 Å². The van der Waals surface area contributed by atoms with Crippen molar-refractivity contribution in [3.05, 3.63) is 31.5 Å². The van der Waals surface area contributed by atoms with E-state index in [1.807, 2.05) is 0 Å². The number of rotatable bonds is 1. The molecule has 0 aliphatic rings. The van der Waals surface area contributed by atoms with E-state index < -0.39 is 0 Å². The Hall–Kier alpha value is -0.0800. The predicted molar refractivity (Wildman–Crippen MR) is 65.7 cm³/mol. The summed E-state index contributed by atoms with van der Waals surface area (Å²) in [5.74, 6) is 0.277. The van der Waals surface area contributed by atoms with Crippen LogP contribution < -0.4 is 0 Å². The van der Waals surface area contributed by atoms with Crippen molar-refractivity contribution in [3.63, 3.8) is 0 Å². The minimum atomic E-state index is -0.292. The first-order valence-electron chi connectivity index (χ1n) is 3.61. The molecule has 1 aromatic heterocycles. The van der Waals surface area contributed by atoms with Gasteiger partial charge in [-0.15, -0.1) is 0 Å². The van der Waals surface area contributed by atoms with Crippen LogP contribution in [0, 0.1) is 8.83 Å². The van der Waals surface area contributed by atoms with E-state index in [9.17, 15) is 4.39 Å². The van der Waals surface area contributed by atoms with E-state index in [0.717, 1.165) is 3.01 Å². The van der Waals surface area contributed by atoms with E-state index in [1.54, 1.807) is 6.07 Å². The van der Waals surface area contributed by atoms with Crippen LogP contribution in [0.15, 0.2) is 22.7 Å². The number of halogens is 3. The van der Waals surface area contributed by atoms with E-state index in [4.69, 9.17) is 0 Å². The molecule has 2 aromatic rings. The van der Waals surface area contributed by atoms with Gasteiger partial charge in [0.15, 0.2) is 8.84 Å². The zero-order chi connectivity index (χ0) is 10.1. The van der Waals surface area contributed by atoms with Crippen LogP contribution in [0.4, 0.5) is 4.39 Å². The van der Waals surface area contributed by atoms with E-state index in [1.165, 1.54) is 23.7 Å². The highest BCUT2D eigenvalue weighted by atomic mass is 127. The Morgan fingerprint density at radius 3 is 2.71 bits per heavy atom. The van der Waals surface area contributed by atoms with Crippen molar-refractivity contribution in [1.29, 1.82) is 0 Å². The van der Waals surface area contributed by atoms with Gasteiger partial charge in [0.2, 0.25) is 0 Å². The summed E-state index contributed by atoms with van der Waals surface area (Å²) in [4.78, 5) is 4.17. The fourth-order valence-corrected chi connectivity index (χ4v) is 2.43. The quantitative estimate of drug-likeness (QED) is 0.700. The molecule has 0 amide bonds. The lowest BCUT2D eigenvalue weighted by molar-refractivity contribution is 0.627. The molecule has 0 unspecified atom stereocenters. The molecule has 0 N–H and O–H groups in total. The Morgan fingerprint density at radius 2 is 2.14 bits per heavy atom.